The van der Waals surface area contributed by atoms with Crippen molar-refractivity contribution in [2.24, 2.45) is 5.73 Å². The van der Waals surface area contributed by atoms with Crippen LogP contribution in [0, 0.1) is 0 Å². The summed E-state index contributed by atoms with van der Waals surface area (Å²) in [7, 11) is -3.74. The van der Waals surface area contributed by atoms with Crippen molar-refractivity contribution >= 4 is 39.4 Å². The van der Waals surface area contributed by atoms with Gasteiger partial charge in [0.25, 0.3) is 5.71 Å². The van der Waals surface area contributed by atoms with E-state index in [1.165, 1.54) is 10.5 Å². The molecular formula is C17H26ClN5O4S. The van der Waals surface area contributed by atoms with Crippen LogP contribution >= 0.6 is 12.4 Å². The Labute approximate surface area is 170 Å². The van der Waals surface area contributed by atoms with Gasteiger partial charge < -0.3 is 15.6 Å². The van der Waals surface area contributed by atoms with Crippen LogP contribution in [0.25, 0.3) is 11.1 Å². The number of aryl methyl sites for hydroxylation is 1. The van der Waals surface area contributed by atoms with Crippen molar-refractivity contribution in [2.45, 2.75) is 50.0 Å². The number of amides is 1. The number of nitrogens with one attached hydrogen (secondary N) is 1. The van der Waals surface area contributed by atoms with Gasteiger partial charge in [-0.05, 0) is 25.3 Å². The number of aromatic nitrogens is 2. The molecule has 1 aliphatic rings. The number of hydrogen-bond acceptors (Lipinski definition) is 7. The van der Waals surface area contributed by atoms with Gasteiger partial charge in [0, 0.05) is 32.1 Å². The van der Waals surface area contributed by atoms with Gasteiger partial charge in [-0.1, -0.05) is 18.5 Å². The molecule has 1 unspecified atom stereocenters. The molecule has 0 aromatic carbocycles. The third kappa shape index (κ3) is 4.62. The number of sulfonamides is 1. The maximum Gasteiger partial charge on any atom is 0.258 e. The van der Waals surface area contributed by atoms with E-state index in [0.717, 1.165) is 12.8 Å². The molecule has 1 aliphatic heterocycles. The van der Waals surface area contributed by atoms with Gasteiger partial charge in [-0.15, -0.1) is 12.4 Å². The fourth-order valence-electron chi connectivity index (χ4n) is 3.34. The second-order valence-electron chi connectivity index (χ2n) is 6.61. The van der Waals surface area contributed by atoms with E-state index < -0.39 is 10.0 Å². The molecule has 2 aromatic rings. The third-order valence-electron chi connectivity index (χ3n) is 4.80. The Bertz CT molecular complexity index is 917. The van der Waals surface area contributed by atoms with E-state index in [0.29, 0.717) is 36.2 Å². The molecule has 9 nitrogen and oxygen atoms in total. The van der Waals surface area contributed by atoms with Crippen molar-refractivity contribution < 1.29 is 17.7 Å². The number of carbonyl (C=O) groups excluding carboxylic acids is 1. The Morgan fingerprint density at radius 2 is 2.21 bits per heavy atom. The molecule has 0 radical (unpaired) electrons. The molecule has 0 aliphatic carbocycles. The Morgan fingerprint density at radius 3 is 2.93 bits per heavy atom. The largest absolute Gasteiger partial charge is 0.354 e. The molecule has 11 heteroatoms. The number of halogens is 1. The smallest absolute Gasteiger partial charge is 0.258 e. The average molecular weight is 432 g/mol. The van der Waals surface area contributed by atoms with E-state index >= 15 is 0 Å². The summed E-state index contributed by atoms with van der Waals surface area (Å²) >= 11 is 0. The van der Waals surface area contributed by atoms with Gasteiger partial charge in [-0.25, -0.2) is 13.4 Å². The highest BCUT2D eigenvalue weighted by Crippen LogP contribution is 2.27. The van der Waals surface area contributed by atoms with Crippen LogP contribution in [0.3, 0.4) is 0 Å². The highest BCUT2D eigenvalue weighted by atomic mass is 35.5. The number of piperidine rings is 1. The Kier molecular flexibility index (Phi) is 7.76. The van der Waals surface area contributed by atoms with Gasteiger partial charge in [0.05, 0.1) is 17.3 Å². The highest BCUT2D eigenvalue weighted by molar-refractivity contribution is 7.89. The van der Waals surface area contributed by atoms with Crippen LogP contribution in [0.4, 0.5) is 0 Å². The van der Waals surface area contributed by atoms with E-state index in [1.54, 1.807) is 6.07 Å². The first-order chi connectivity index (χ1) is 13.0. The van der Waals surface area contributed by atoms with Crippen LogP contribution in [-0.2, 0) is 21.2 Å². The number of pyridine rings is 1. The van der Waals surface area contributed by atoms with Crippen LogP contribution < -0.4 is 11.1 Å². The quantitative estimate of drug-likeness (QED) is 0.673. The zero-order valence-electron chi connectivity index (χ0n) is 15.8. The van der Waals surface area contributed by atoms with Gasteiger partial charge in [0.1, 0.15) is 4.90 Å². The maximum absolute atomic E-state index is 13.2. The number of hydrogen-bond donors (Lipinski definition) is 2. The predicted octanol–water partition coefficient (Wildman–Crippen LogP) is 1.22. The molecule has 1 saturated heterocycles. The lowest BCUT2D eigenvalue weighted by atomic mass is 10.1. The van der Waals surface area contributed by atoms with E-state index in [2.05, 4.69) is 15.5 Å². The molecule has 0 spiro atoms. The summed E-state index contributed by atoms with van der Waals surface area (Å²) in [5, 5.41) is 7.33. The first-order valence-corrected chi connectivity index (χ1v) is 10.6. The number of nitrogens with two attached hydrogens (primary N) is 1. The summed E-state index contributed by atoms with van der Waals surface area (Å²) in [6, 6.07) is 1.29. The van der Waals surface area contributed by atoms with Crippen molar-refractivity contribution in [3.63, 3.8) is 0 Å². The van der Waals surface area contributed by atoms with Gasteiger partial charge in [-0.3, -0.25) is 4.79 Å². The predicted molar refractivity (Wildman–Crippen MR) is 107 cm³/mol. The minimum atomic E-state index is -3.74. The van der Waals surface area contributed by atoms with Crippen LogP contribution in [0.15, 0.2) is 21.7 Å². The molecule has 28 heavy (non-hydrogen) atoms. The lowest BCUT2D eigenvalue weighted by molar-refractivity contribution is -0.121. The fraction of sp³-hybridized carbons (Fsp3) is 0.588. The fourth-order valence-corrected chi connectivity index (χ4v) is 5.00. The molecule has 0 saturated carbocycles. The lowest BCUT2D eigenvalue weighted by Gasteiger charge is -2.34. The first-order valence-electron chi connectivity index (χ1n) is 9.20. The zero-order valence-corrected chi connectivity index (χ0v) is 17.4. The van der Waals surface area contributed by atoms with Crippen LogP contribution in [-0.4, -0.2) is 54.4 Å². The molecular weight excluding hydrogens is 406 g/mol. The van der Waals surface area contributed by atoms with Crippen LogP contribution in [0.5, 0.6) is 0 Å². The minimum Gasteiger partial charge on any atom is -0.354 e. The lowest BCUT2D eigenvalue weighted by Crippen LogP contribution is -2.49. The zero-order chi connectivity index (χ0) is 19.4. The molecule has 3 rings (SSSR count). The summed E-state index contributed by atoms with van der Waals surface area (Å²) in [5.74, 6) is -0.166. The summed E-state index contributed by atoms with van der Waals surface area (Å²) in [5.41, 5.74) is 6.39. The first kappa shape index (κ1) is 22.5. The van der Waals surface area contributed by atoms with Crippen LogP contribution in [0.2, 0.25) is 0 Å². The van der Waals surface area contributed by atoms with E-state index in [-0.39, 0.29) is 48.8 Å². The summed E-state index contributed by atoms with van der Waals surface area (Å²) in [6.07, 6.45) is 4.57. The van der Waals surface area contributed by atoms with Crippen molar-refractivity contribution in [3.05, 3.63) is 18.0 Å². The Balaban J connectivity index is 0.00000280. The monoisotopic (exact) mass is 431 g/mol. The van der Waals surface area contributed by atoms with Gasteiger partial charge in [0.2, 0.25) is 15.9 Å². The Morgan fingerprint density at radius 1 is 1.43 bits per heavy atom. The molecule has 2 aromatic heterocycles. The minimum absolute atomic E-state index is 0. The van der Waals surface area contributed by atoms with Gasteiger partial charge >= 0.3 is 0 Å². The average Bonchev–Trinajstić information content (AvgIpc) is 3.09. The van der Waals surface area contributed by atoms with E-state index in [4.69, 9.17) is 10.3 Å². The second kappa shape index (κ2) is 9.64. The summed E-state index contributed by atoms with van der Waals surface area (Å²) < 4.78 is 33.1. The standard InChI is InChI=1S/C17H25N5O4S.ClH/c1-2-15-14-9-13(11-20-17(14)26-21-15)27(24,25)22-8-4-3-5-12(22)10-19-16(23)6-7-18;/h9,11-12H,2-8,10,18H2,1H3,(H,19,23);1H. The van der Waals surface area contributed by atoms with Crippen LogP contribution in [0.1, 0.15) is 38.3 Å². The van der Waals surface area contributed by atoms with Gasteiger partial charge in [0.15, 0.2) is 0 Å². The van der Waals surface area contributed by atoms with Crippen molar-refractivity contribution in [1.29, 1.82) is 0 Å². The third-order valence-corrected chi connectivity index (χ3v) is 6.72. The van der Waals surface area contributed by atoms with Crippen molar-refractivity contribution in [1.82, 2.24) is 19.8 Å². The van der Waals surface area contributed by atoms with E-state index in [9.17, 15) is 13.2 Å². The number of carbonyl (C=O) groups is 1. The van der Waals surface area contributed by atoms with Crippen molar-refractivity contribution in [3.8, 4) is 0 Å². The SMILES string of the molecule is CCc1noc2ncc(S(=O)(=O)N3CCCCC3CNC(=O)CCN)cc12.Cl. The topological polar surface area (TPSA) is 131 Å². The molecule has 0 bridgehead atoms. The normalized spacial score (nSPS) is 18.0. The molecule has 3 N–H and O–H groups in total. The molecule has 1 atom stereocenters. The highest BCUT2D eigenvalue weighted by Gasteiger charge is 2.34. The molecule has 1 amide bonds. The van der Waals surface area contributed by atoms with Gasteiger partial charge in [-0.2, -0.15) is 4.31 Å². The second-order valence-corrected chi connectivity index (χ2v) is 8.51. The van der Waals surface area contributed by atoms with E-state index in [1.807, 2.05) is 6.92 Å². The number of nitrogens with zero attached hydrogens (tertiary/aromatic N) is 3. The number of rotatable bonds is 7. The number of fused-ring (bicyclic) bond motifs is 1. The maximum atomic E-state index is 13.2. The summed E-state index contributed by atoms with van der Waals surface area (Å²) in [4.78, 5) is 15.9. The summed E-state index contributed by atoms with van der Waals surface area (Å²) in [6.45, 7) is 2.88. The molecule has 1 fully saturated rings. The Hall–Kier alpha value is -1.75. The molecule has 3 heterocycles. The van der Waals surface area contributed by atoms with Crippen molar-refractivity contribution in [2.75, 3.05) is 19.6 Å². The molecule has 156 valence electrons.